The van der Waals surface area contributed by atoms with Crippen LogP contribution in [0.3, 0.4) is 0 Å². The van der Waals surface area contributed by atoms with Gasteiger partial charge in [-0.25, -0.2) is 4.79 Å². The minimum atomic E-state index is -0.938. The number of ketones is 2. The largest absolute Gasteiger partial charge is 0.480 e. The lowest BCUT2D eigenvalue weighted by molar-refractivity contribution is -0.129. The molecule has 0 unspecified atom stereocenters. The van der Waals surface area contributed by atoms with E-state index in [1.165, 1.54) is 6.92 Å². The van der Waals surface area contributed by atoms with Gasteiger partial charge in [0.15, 0.2) is 17.2 Å². The van der Waals surface area contributed by atoms with Crippen molar-refractivity contribution in [2.75, 3.05) is 26.0 Å². The SMILES string of the molecule is CCOC(=O)N1C[C@H](C(=O)c2ccc(SC)cc2)[C@@H](c2cc(C)c(OC(C)(C)C(C)=O)c(C)c2)C1. The zero-order valence-corrected chi connectivity index (χ0v) is 22.5. The van der Waals surface area contributed by atoms with Crippen molar-refractivity contribution in [3.8, 4) is 5.75 Å². The van der Waals surface area contributed by atoms with Crippen LogP contribution >= 0.6 is 11.8 Å². The summed E-state index contributed by atoms with van der Waals surface area (Å²) >= 11 is 1.62. The van der Waals surface area contributed by atoms with Crippen LogP contribution in [0.25, 0.3) is 0 Å². The Morgan fingerprint density at radius 2 is 1.66 bits per heavy atom. The van der Waals surface area contributed by atoms with Gasteiger partial charge in [-0.15, -0.1) is 11.8 Å². The molecule has 0 saturated carbocycles. The van der Waals surface area contributed by atoms with E-state index >= 15 is 0 Å². The van der Waals surface area contributed by atoms with Crippen LogP contribution in [-0.4, -0.2) is 54.1 Å². The predicted molar refractivity (Wildman–Crippen MR) is 139 cm³/mol. The Kier molecular flexibility index (Phi) is 8.31. The molecular formula is C28H35NO5S. The maximum atomic E-state index is 13.6. The molecule has 0 N–H and O–H groups in total. The highest BCUT2D eigenvalue weighted by atomic mass is 32.2. The van der Waals surface area contributed by atoms with E-state index in [0.717, 1.165) is 21.6 Å². The fraction of sp³-hybridized carbons (Fsp3) is 0.464. The summed E-state index contributed by atoms with van der Waals surface area (Å²) < 4.78 is 11.3. The molecule has 1 aliphatic rings. The van der Waals surface area contributed by atoms with Crippen molar-refractivity contribution in [1.82, 2.24) is 4.90 Å². The fourth-order valence-electron chi connectivity index (χ4n) is 4.43. The maximum Gasteiger partial charge on any atom is 0.409 e. The van der Waals surface area contributed by atoms with Crippen LogP contribution in [0, 0.1) is 19.8 Å². The van der Waals surface area contributed by atoms with E-state index < -0.39 is 17.6 Å². The highest BCUT2D eigenvalue weighted by Crippen LogP contribution is 2.39. The van der Waals surface area contributed by atoms with Gasteiger partial charge in [-0.3, -0.25) is 9.59 Å². The number of carbonyl (C=O) groups is 3. The molecule has 1 amide bonds. The number of ether oxygens (including phenoxy) is 2. The van der Waals surface area contributed by atoms with E-state index in [2.05, 4.69) is 0 Å². The number of carbonyl (C=O) groups excluding carboxylic acids is 3. The Bertz CT molecular complexity index is 1090. The summed E-state index contributed by atoms with van der Waals surface area (Å²) in [5.74, 6) is 0.0603. The Labute approximate surface area is 212 Å². The zero-order chi connectivity index (χ0) is 25.9. The van der Waals surface area contributed by atoms with Gasteiger partial charge in [0.2, 0.25) is 0 Å². The lowest BCUT2D eigenvalue weighted by Gasteiger charge is -2.27. The second-order valence-electron chi connectivity index (χ2n) is 9.56. The first-order chi connectivity index (χ1) is 16.5. The van der Waals surface area contributed by atoms with Gasteiger partial charge in [-0.05, 0) is 76.6 Å². The van der Waals surface area contributed by atoms with Crippen molar-refractivity contribution in [3.63, 3.8) is 0 Å². The Morgan fingerprint density at radius 1 is 1.06 bits per heavy atom. The first kappa shape index (κ1) is 26.8. The van der Waals surface area contributed by atoms with E-state index in [9.17, 15) is 14.4 Å². The number of hydrogen-bond acceptors (Lipinski definition) is 6. The summed E-state index contributed by atoms with van der Waals surface area (Å²) in [6.45, 7) is 11.7. The lowest BCUT2D eigenvalue weighted by atomic mass is 9.82. The van der Waals surface area contributed by atoms with Crippen molar-refractivity contribution in [1.29, 1.82) is 0 Å². The maximum absolute atomic E-state index is 13.6. The fourth-order valence-corrected chi connectivity index (χ4v) is 4.83. The molecule has 2 aromatic rings. The number of likely N-dealkylation sites (tertiary alicyclic amines) is 1. The third kappa shape index (κ3) is 5.89. The van der Waals surface area contributed by atoms with E-state index in [1.54, 1.807) is 37.4 Å². The van der Waals surface area contributed by atoms with Crippen molar-refractivity contribution in [2.24, 2.45) is 5.92 Å². The van der Waals surface area contributed by atoms with Crippen LogP contribution in [-0.2, 0) is 9.53 Å². The number of Topliss-reactive ketones (excluding diaryl/α,β-unsaturated/α-hetero) is 2. The number of aryl methyl sites for hydroxylation is 2. The van der Waals surface area contributed by atoms with Crippen LogP contribution in [0.4, 0.5) is 4.79 Å². The van der Waals surface area contributed by atoms with E-state index in [4.69, 9.17) is 9.47 Å². The van der Waals surface area contributed by atoms with Gasteiger partial charge in [-0.1, -0.05) is 24.3 Å². The number of thioether (sulfide) groups is 1. The van der Waals surface area contributed by atoms with Gasteiger partial charge in [-0.2, -0.15) is 0 Å². The molecule has 0 radical (unpaired) electrons. The van der Waals surface area contributed by atoms with Crippen molar-refractivity contribution >= 4 is 29.4 Å². The molecule has 0 spiro atoms. The lowest BCUT2D eigenvalue weighted by Crippen LogP contribution is -2.36. The van der Waals surface area contributed by atoms with Gasteiger partial charge in [0.1, 0.15) is 5.75 Å². The first-order valence-electron chi connectivity index (χ1n) is 11.9. The smallest absolute Gasteiger partial charge is 0.409 e. The minimum absolute atomic E-state index is 0.0165. The molecular weight excluding hydrogens is 462 g/mol. The average Bonchev–Trinajstić information content (AvgIpc) is 3.26. The van der Waals surface area contributed by atoms with Gasteiger partial charge >= 0.3 is 6.09 Å². The van der Waals surface area contributed by atoms with Crippen molar-refractivity contribution in [3.05, 3.63) is 58.7 Å². The molecule has 3 rings (SSSR count). The molecule has 2 atom stereocenters. The number of benzene rings is 2. The van der Waals surface area contributed by atoms with Crippen LogP contribution in [0.15, 0.2) is 41.3 Å². The first-order valence-corrected chi connectivity index (χ1v) is 13.1. The topological polar surface area (TPSA) is 72.9 Å². The van der Waals surface area contributed by atoms with Gasteiger partial charge in [0, 0.05) is 35.4 Å². The number of nitrogens with zero attached hydrogens (tertiary/aromatic N) is 1. The van der Waals surface area contributed by atoms with Gasteiger partial charge < -0.3 is 14.4 Å². The summed E-state index contributed by atoms with van der Waals surface area (Å²) in [6, 6.07) is 11.6. The quantitative estimate of drug-likeness (QED) is 0.338. The van der Waals surface area contributed by atoms with Crippen molar-refractivity contribution < 1.29 is 23.9 Å². The third-order valence-corrected chi connectivity index (χ3v) is 7.42. The molecule has 6 nitrogen and oxygen atoms in total. The Balaban J connectivity index is 1.97. The Hall–Kier alpha value is -2.80. The minimum Gasteiger partial charge on any atom is -0.480 e. The molecule has 188 valence electrons. The van der Waals surface area contributed by atoms with Crippen molar-refractivity contribution in [2.45, 2.75) is 58.0 Å². The van der Waals surface area contributed by atoms with Crippen LogP contribution < -0.4 is 4.74 Å². The van der Waals surface area contributed by atoms with Crippen LogP contribution in [0.2, 0.25) is 0 Å². The standard InChI is InChI=1S/C28H35NO5S/c1-8-33-27(32)29-15-23(24(16-29)25(31)20-9-11-22(35-7)12-10-20)21-13-17(2)26(18(3)14-21)34-28(5,6)19(4)30/h9-14,23-24H,8,15-16H2,1-7H3/t23-,24+/m1/s1. The summed E-state index contributed by atoms with van der Waals surface area (Å²) in [5.41, 5.74) is 2.45. The Morgan fingerprint density at radius 3 is 2.17 bits per heavy atom. The number of hydrogen-bond donors (Lipinski definition) is 0. The highest BCUT2D eigenvalue weighted by molar-refractivity contribution is 7.98. The zero-order valence-electron chi connectivity index (χ0n) is 21.6. The molecule has 0 aromatic heterocycles. The van der Waals surface area contributed by atoms with Gasteiger partial charge in [0.05, 0.1) is 6.61 Å². The average molecular weight is 498 g/mol. The second kappa shape index (κ2) is 10.9. The monoisotopic (exact) mass is 497 g/mol. The van der Waals surface area contributed by atoms with Gasteiger partial charge in [0.25, 0.3) is 0 Å². The van der Waals surface area contributed by atoms with Crippen LogP contribution in [0.5, 0.6) is 5.75 Å². The molecule has 1 saturated heterocycles. The van der Waals surface area contributed by atoms with Crippen LogP contribution in [0.1, 0.15) is 60.7 Å². The molecule has 0 bridgehead atoms. The normalized spacial score (nSPS) is 17.9. The second-order valence-corrected chi connectivity index (χ2v) is 10.4. The molecule has 1 aliphatic heterocycles. The molecule has 1 fully saturated rings. The summed E-state index contributed by atoms with van der Waals surface area (Å²) in [7, 11) is 0. The molecule has 0 aliphatic carbocycles. The predicted octanol–water partition coefficient (Wildman–Crippen LogP) is 5.83. The van der Waals surface area contributed by atoms with E-state index in [1.807, 2.05) is 56.5 Å². The summed E-state index contributed by atoms with van der Waals surface area (Å²) in [6.07, 6.45) is 1.60. The van der Waals surface area contributed by atoms with E-state index in [0.29, 0.717) is 24.4 Å². The molecule has 1 heterocycles. The molecule has 2 aromatic carbocycles. The number of rotatable bonds is 8. The third-order valence-electron chi connectivity index (χ3n) is 6.67. The molecule has 7 heteroatoms. The highest BCUT2D eigenvalue weighted by Gasteiger charge is 2.41. The summed E-state index contributed by atoms with van der Waals surface area (Å²) in [5, 5.41) is 0. The summed E-state index contributed by atoms with van der Waals surface area (Å²) in [4.78, 5) is 40.9. The van der Waals surface area contributed by atoms with E-state index in [-0.39, 0.29) is 24.1 Å². The molecule has 35 heavy (non-hydrogen) atoms. The number of amides is 1.